The molecule has 6 heteroatoms. The number of benzene rings is 1. The summed E-state index contributed by atoms with van der Waals surface area (Å²) in [5.41, 5.74) is 0.359. The maximum Gasteiger partial charge on any atom is 0.260 e. The number of furan rings is 1. The molecule has 0 saturated heterocycles. The number of aliphatic hydroxyl groups is 1. The van der Waals surface area contributed by atoms with Crippen LogP contribution in [0, 0.1) is 11.3 Å². The van der Waals surface area contributed by atoms with Gasteiger partial charge in [-0.2, -0.15) is 5.26 Å². The first-order valence-electron chi connectivity index (χ1n) is 6.76. The molecule has 6 nitrogen and oxygen atoms in total. The molecule has 1 heterocycles. The summed E-state index contributed by atoms with van der Waals surface area (Å²) in [6, 6.07) is 12.0. The minimum absolute atomic E-state index is 0.0138. The second kappa shape index (κ2) is 7.29. The summed E-state index contributed by atoms with van der Waals surface area (Å²) in [4.78, 5) is 12.0. The van der Waals surface area contributed by atoms with Crippen LogP contribution in [-0.2, 0) is 4.79 Å². The fourth-order valence-electron chi connectivity index (χ4n) is 1.83. The van der Waals surface area contributed by atoms with Crippen LogP contribution >= 0.6 is 0 Å². The van der Waals surface area contributed by atoms with Gasteiger partial charge in [0, 0.05) is 0 Å². The normalized spacial score (nSPS) is 13.0. The van der Waals surface area contributed by atoms with Crippen LogP contribution in [0.1, 0.15) is 24.4 Å². The number of ether oxygens (including phenoxy) is 1. The second-order valence-corrected chi connectivity index (χ2v) is 4.64. The average Bonchev–Trinajstić information content (AvgIpc) is 3.07. The first-order valence-corrected chi connectivity index (χ1v) is 6.76. The van der Waals surface area contributed by atoms with E-state index in [1.807, 2.05) is 6.07 Å². The van der Waals surface area contributed by atoms with Gasteiger partial charge in [-0.1, -0.05) is 12.1 Å². The molecule has 1 aromatic carbocycles. The quantitative estimate of drug-likeness (QED) is 0.847. The number of aliphatic hydroxyl groups excluding tert-OH is 1. The molecule has 2 aromatic rings. The molecule has 114 valence electrons. The van der Waals surface area contributed by atoms with Crippen molar-refractivity contribution >= 4 is 5.91 Å². The Morgan fingerprint density at radius 1 is 1.41 bits per heavy atom. The molecule has 0 spiro atoms. The number of hydrogen-bond acceptors (Lipinski definition) is 5. The van der Waals surface area contributed by atoms with Crippen molar-refractivity contribution in [3.05, 3.63) is 54.0 Å². The zero-order valence-electron chi connectivity index (χ0n) is 12.0. The lowest BCUT2D eigenvalue weighted by Gasteiger charge is -2.16. The number of rotatable bonds is 6. The van der Waals surface area contributed by atoms with E-state index in [2.05, 4.69) is 5.32 Å². The van der Waals surface area contributed by atoms with Gasteiger partial charge >= 0.3 is 0 Å². The number of para-hydroxylation sites is 1. The predicted octanol–water partition coefficient (Wildman–Crippen LogP) is 1.77. The number of nitrogens with one attached hydrogen (secondary N) is 1. The van der Waals surface area contributed by atoms with Crippen LogP contribution in [0.3, 0.4) is 0 Å². The van der Waals surface area contributed by atoms with Crippen molar-refractivity contribution in [3.8, 4) is 11.8 Å². The fourth-order valence-corrected chi connectivity index (χ4v) is 1.83. The molecule has 0 aliphatic heterocycles. The van der Waals surface area contributed by atoms with Gasteiger partial charge in [0.05, 0.1) is 18.4 Å². The van der Waals surface area contributed by atoms with Gasteiger partial charge in [0.15, 0.2) is 6.10 Å². The zero-order chi connectivity index (χ0) is 15.9. The third kappa shape index (κ3) is 3.87. The van der Waals surface area contributed by atoms with E-state index in [-0.39, 0.29) is 6.54 Å². The first-order chi connectivity index (χ1) is 10.6. The van der Waals surface area contributed by atoms with Gasteiger partial charge in [-0.3, -0.25) is 4.79 Å². The Kier molecular flexibility index (Phi) is 5.17. The van der Waals surface area contributed by atoms with Crippen molar-refractivity contribution < 1.29 is 19.1 Å². The summed E-state index contributed by atoms with van der Waals surface area (Å²) in [6.07, 6.45) is -0.263. The van der Waals surface area contributed by atoms with Crippen LogP contribution in [0.15, 0.2) is 47.1 Å². The third-order valence-electron chi connectivity index (χ3n) is 3.02. The van der Waals surface area contributed by atoms with E-state index in [9.17, 15) is 9.90 Å². The monoisotopic (exact) mass is 300 g/mol. The molecule has 0 aliphatic carbocycles. The number of hydrogen-bond donors (Lipinski definition) is 2. The molecule has 1 aromatic heterocycles. The summed E-state index contributed by atoms with van der Waals surface area (Å²) in [7, 11) is 0. The van der Waals surface area contributed by atoms with Crippen LogP contribution in [0.5, 0.6) is 5.75 Å². The van der Waals surface area contributed by atoms with Crippen molar-refractivity contribution in [2.75, 3.05) is 6.54 Å². The number of carbonyl (C=O) groups is 1. The van der Waals surface area contributed by atoms with Crippen LogP contribution in [0.2, 0.25) is 0 Å². The van der Waals surface area contributed by atoms with E-state index in [1.165, 1.54) is 6.26 Å². The lowest BCUT2D eigenvalue weighted by molar-refractivity contribution is -0.127. The van der Waals surface area contributed by atoms with E-state index >= 15 is 0 Å². The topological polar surface area (TPSA) is 95.5 Å². The van der Waals surface area contributed by atoms with Gasteiger partial charge < -0.3 is 19.6 Å². The molecule has 2 N–H and O–H groups in total. The molecule has 2 unspecified atom stereocenters. The van der Waals surface area contributed by atoms with E-state index in [0.717, 1.165) is 0 Å². The van der Waals surface area contributed by atoms with Crippen molar-refractivity contribution in [2.45, 2.75) is 19.1 Å². The second-order valence-electron chi connectivity index (χ2n) is 4.64. The molecule has 0 aliphatic rings. The van der Waals surface area contributed by atoms with E-state index in [1.54, 1.807) is 43.3 Å². The standard InChI is InChI=1S/C16H16N2O4/c1-11(22-14-6-3-2-5-12(14)9-17)16(20)18-10-13(19)15-7-4-8-21-15/h2-8,11,13,19H,10H2,1H3,(H,18,20). The molecule has 0 saturated carbocycles. The molecule has 0 fully saturated rings. The Balaban J connectivity index is 1.88. The molecule has 1 amide bonds. The molecular formula is C16H16N2O4. The molecule has 0 radical (unpaired) electrons. The molecule has 0 bridgehead atoms. The van der Waals surface area contributed by atoms with E-state index < -0.39 is 18.1 Å². The smallest absolute Gasteiger partial charge is 0.260 e. The third-order valence-corrected chi connectivity index (χ3v) is 3.02. The Bertz CT molecular complexity index is 661. The van der Waals surface area contributed by atoms with Gasteiger partial charge in [0.2, 0.25) is 0 Å². The first kappa shape index (κ1) is 15.6. The van der Waals surface area contributed by atoms with Gasteiger partial charge in [-0.05, 0) is 31.2 Å². The molecular weight excluding hydrogens is 284 g/mol. The summed E-state index contributed by atoms with van der Waals surface area (Å²) in [5.74, 6) is 0.335. The number of carbonyl (C=O) groups excluding carboxylic acids is 1. The summed E-state index contributed by atoms with van der Waals surface area (Å²) in [6.45, 7) is 1.59. The van der Waals surface area contributed by atoms with Gasteiger partial charge in [-0.15, -0.1) is 0 Å². The molecule has 2 rings (SSSR count). The SMILES string of the molecule is CC(Oc1ccccc1C#N)C(=O)NCC(O)c1ccco1. The van der Waals surface area contributed by atoms with E-state index in [4.69, 9.17) is 14.4 Å². The molecule has 22 heavy (non-hydrogen) atoms. The van der Waals surface area contributed by atoms with Gasteiger partial charge in [0.1, 0.15) is 23.7 Å². The van der Waals surface area contributed by atoms with Gasteiger partial charge in [-0.25, -0.2) is 0 Å². The minimum Gasteiger partial charge on any atom is -0.480 e. The van der Waals surface area contributed by atoms with E-state index in [0.29, 0.717) is 17.1 Å². The van der Waals surface area contributed by atoms with Crippen LogP contribution < -0.4 is 10.1 Å². The van der Waals surface area contributed by atoms with Crippen LogP contribution in [0.25, 0.3) is 0 Å². The Morgan fingerprint density at radius 2 is 2.18 bits per heavy atom. The lowest BCUT2D eigenvalue weighted by Crippen LogP contribution is -2.38. The number of nitrogens with zero attached hydrogens (tertiary/aromatic N) is 1. The Hall–Kier alpha value is -2.78. The maximum atomic E-state index is 12.0. The van der Waals surface area contributed by atoms with Crippen molar-refractivity contribution in [1.82, 2.24) is 5.32 Å². The fraction of sp³-hybridized carbons (Fsp3) is 0.250. The van der Waals surface area contributed by atoms with Crippen LogP contribution in [0.4, 0.5) is 0 Å². The lowest BCUT2D eigenvalue weighted by atomic mass is 10.2. The van der Waals surface area contributed by atoms with Crippen molar-refractivity contribution in [2.24, 2.45) is 0 Å². The maximum absolute atomic E-state index is 12.0. The van der Waals surface area contributed by atoms with Crippen LogP contribution in [-0.4, -0.2) is 23.7 Å². The molecule has 2 atom stereocenters. The highest BCUT2D eigenvalue weighted by Gasteiger charge is 2.18. The minimum atomic E-state index is -0.919. The average molecular weight is 300 g/mol. The van der Waals surface area contributed by atoms with Crippen molar-refractivity contribution in [3.63, 3.8) is 0 Å². The predicted molar refractivity (Wildman–Crippen MR) is 77.9 cm³/mol. The van der Waals surface area contributed by atoms with Gasteiger partial charge in [0.25, 0.3) is 5.91 Å². The number of nitriles is 1. The largest absolute Gasteiger partial charge is 0.480 e. The van der Waals surface area contributed by atoms with Crippen molar-refractivity contribution in [1.29, 1.82) is 5.26 Å². The Labute approximate surface area is 127 Å². The Morgan fingerprint density at radius 3 is 2.86 bits per heavy atom. The highest BCUT2D eigenvalue weighted by Crippen LogP contribution is 2.18. The highest BCUT2D eigenvalue weighted by atomic mass is 16.5. The number of amides is 1. The summed E-state index contributed by atoms with van der Waals surface area (Å²) < 4.78 is 10.5. The summed E-state index contributed by atoms with van der Waals surface area (Å²) in [5, 5.41) is 21.4. The summed E-state index contributed by atoms with van der Waals surface area (Å²) >= 11 is 0. The zero-order valence-corrected chi connectivity index (χ0v) is 12.0. The highest BCUT2D eigenvalue weighted by molar-refractivity contribution is 5.80.